The molecule has 0 amide bonds. The van der Waals surface area contributed by atoms with E-state index >= 15 is 0 Å². The number of hydrogen-bond donors (Lipinski definition) is 1. The van der Waals surface area contributed by atoms with Crippen molar-refractivity contribution in [3.63, 3.8) is 0 Å². The summed E-state index contributed by atoms with van der Waals surface area (Å²) in [6, 6.07) is 0. The summed E-state index contributed by atoms with van der Waals surface area (Å²) in [6.07, 6.45) is -3.20. The van der Waals surface area contributed by atoms with Crippen LogP contribution in [0.2, 0.25) is 0 Å². The lowest BCUT2D eigenvalue weighted by molar-refractivity contribution is -0.115. The van der Waals surface area contributed by atoms with Gasteiger partial charge in [0.1, 0.15) is 11.0 Å². The maximum Gasteiger partial charge on any atom is 0.405 e. The lowest BCUT2D eigenvalue weighted by atomic mass is 10.4. The van der Waals surface area contributed by atoms with Crippen molar-refractivity contribution >= 4 is 21.6 Å². The van der Waals surface area contributed by atoms with Gasteiger partial charge < -0.3 is 10.1 Å². The molecule has 0 aliphatic rings. The first-order chi connectivity index (χ1) is 8.35. The zero-order valence-electron chi connectivity index (χ0n) is 9.42. The van der Waals surface area contributed by atoms with Gasteiger partial charge >= 0.3 is 6.18 Å². The third-order valence-electron chi connectivity index (χ3n) is 1.97. The molecule has 0 atom stereocenters. The Bertz CT molecular complexity index is 461. The molecule has 0 aliphatic heterocycles. The van der Waals surface area contributed by atoms with Gasteiger partial charge in [0, 0.05) is 7.11 Å². The third kappa shape index (κ3) is 4.30. The minimum atomic E-state index is -4.36. The van der Waals surface area contributed by atoms with E-state index in [1.807, 2.05) is 0 Å². The molecule has 0 fully saturated rings. The summed E-state index contributed by atoms with van der Waals surface area (Å²) >= 11 is 2.95. The second kappa shape index (κ2) is 6.19. The molecule has 5 nitrogen and oxygen atoms in total. The number of ether oxygens (including phenoxy) is 1. The highest BCUT2D eigenvalue weighted by molar-refractivity contribution is 9.10. The Morgan fingerprint density at radius 2 is 2.22 bits per heavy atom. The van der Waals surface area contributed by atoms with Gasteiger partial charge in [-0.2, -0.15) is 18.3 Å². The first-order valence-electron chi connectivity index (χ1n) is 4.90. The number of halogens is 4. The minimum Gasteiger partial charge on any atom is -0.383 e. The average Bonchev–Trinajstić information content (AvgIpc) is 2.28. The summed E-state index contributed by atoms with van der Waals surface area (Å²) in [7, 11) is 1.47. The molecule has 102 valence electrons. The molecule has 1 N–H and O–H groups in total. The summed E-state index contributed by atoms with van der Waals surface area (Å²) in [4.78, 5) is 11.7. The molecule has 0 radical (unpaired) electrons. The maximum absolute atomic E-state index is 12.0. The fraction of sp³-hybridized carbons (Fsp3) is 0.556. The molecule has 9 heteroatoms. The van der Waals surface area contributed by atoms with Gasteiger partial charge in [-0.15, -0.1) is 0 Å². The van der Waals surface area contributed by atoms with Crippen LogP contribution in [0.5, 0.6) is 0 Å². The first kappa shape index (κ1) is 15.0. The molecule has 1 aromatic rings. The number of nitrogens with zero attached hydrogens (tertiary/aromatic N) is 2. The Kier molecular flexibility index (Phi) is 5.15. The van der Waals surface area contributed by atoms with Crippen molar-refractivity contribution < 1.29 is 17.9 Å². The van der Waals surface area contributed by atoms with Crippen LogP contribution < -0.4 is 10.9 Å². The molecule has 0 aliphatic carbocycles. The van der Waals surface area contributed by atoms with Crippen LogP contribution in [0.25, 0.3) is 0 Å². The van der Waals surface area contributed by atoms with E-state index in [9.17, 15) is 18.0 Å². The van der Waals surface area contributed by atoms with Gasteiger partial charge in [-0.05, 0) is 15.9 Å². The van der Waals surface area contributed by atoms with Gasteiger partial charge in [0.25, 0.3) is 5.56 Å². The highest BCUT2D eigenvalue weighted by Crippen LogP contribution is 2.20. The number of alkyl halides is 3. The largest absolute Gasteiger partial charge is 0.405 e. The second-order valence-electron chi connectivity index (χ2n) is 3.36. The number of nitrogens with one attached hydrogen (secondary N) is 1. The Morgan fingerprint density at radius 1 is 1.56 bits per heavy atom. The second-order valence-corrected chi connectivity index (χ2v) is 4.16. The van der Waals surface area contributed by atoms with E-state index in [1.165, 1.54) is 7.11 Å². The van der Waals surface area contributed by atoms with Crippen LogP contribution in [-0.4, -0.2) is 36.2 Å². The zero-order chi connectivity index (χ0) is 13.8. The number of anilines is 1. The van der Waals surface area contributed by atoms with Crippen molar-refractivity contribution in [2.24, 2.45) is 0 Å². The molecule has 0 spiro atoms. The summed E-state index contributed by atoms with van der Waals surface area (Å²) in [5, 5.41) is 5.84. The minimum absolute atomic E-state index is 0.00555. The lowest BCUT2D eigenvalue weighted by Gasteiger charge is -2.11. The van der Waals surface area contributed by atoms with Crippen molar-refractivity contribution in [2.75, 3.05) is 25.6 Å². The van der Waals surface area contributed by atoms with Gasteiger partial charge in [-0.1, -0.05) is 0 Å². The monoisotopic (exact) mass is 329 g/mol. The number of rotatable bonds is 5. The van der Waals surface area contributed by atoms with E-state index in [-0.39, 0.29) is 23.3 Å². The molecule has 1 heterocycles. The normalized spacial score (nSPS) is 11.6. The molecule has 0 saturated heterocycles. The van der Waals surface area contributed by atoms with Crippen LogP contribution in [0.15, 0.2) is 15.5 Å². The topological polar surface area (TPSA) is 56.1 Å². The third-order valence-corrected chi connectivity index (χ3v) is 2.74. The fourth-order valence-corrected chi connectivity index (χ4v) is 1.57. The van der Waals surface area contributed by atoms with Gasteiger partial charge in [0.2, 0.25) is 0 Å². The summed E-state index contributed by atoms with van der Waals surface area (Å²) in [5.41, 5.74) is -0.509. The van der Waals surface area contributed by atoms with Gasteiger partial charge in [-0.3, -0.25) is 4.79 Å². The quantitative estimate of drug-likeness (QED) is 0.892. The van der Waals surface area contributed by atoms with Crippen LogP contribution in [-0.2, 0) is 11.3 Å². The van der Waals surface area contributed by atoms with Crippen molar-refractivity contribution in [1.29, 1.82) is 0 Å². The average molecular weight is 330 g/mol. The highest BCUT2D eigenvalue weighted by Gasteiger charge is 2.27. The van der Waals surface area contributed by atoms with E-state index in [1.54, 1.807) is 0 Å². The molecule has 1 rings (SSSR count). The standard InChI is InChI=1S/C9H11BrF3N3O2/c1-18-3-2-16-8(17)7(10)6(4-15-16)14-5-9(11,12)13/h4,14H,2-3,5H2,1H3. The lowest BCUT2D eigenvalue weighted by Crippen LogP contribution is -2.28. The molecular weight excluding hydrogens is 319 g/mol. The number of methoxy groups -OCH3 is 1. The van der Waals surface area contributed by atoms with E-state index in [2.05, 4.69) is 26.3 Å². The van der Waals surface area contributed by atoms with Gasteiger partial charge in [-0.25, -0.2) is 4.68 Å². The molecule has 1 aromatic heterocycles. The van der Waals surface area contributed by atoms with Crippen LogP contribution in [0, 0.1) is 0 Å². The number of aromatic nitrogens is 2. The summed E-state index contributed by atoms with van der Waals surface area (Å²) < 4.78 is 42.0. The van der Waals surface area contributed by atoms with E-state index < -0.39 is 18.3 Å². The Hall–Kier alpha value is -1.09. The smallest absolute Gasteiger partial charge is 0.383 e. The summed E-state index contributed by atoms with van der Waals surface area (Å²) in [5.74, 6) is 0. The van der Waals surface area contributed by atoms with Crippen molar-refractivity contribution in [2.45, 2.75) is 12.7 Å². The maximum atomic E-state index is 12.0. The van der Waals surface area contributed by atoms with Crippen LogP contribution in [0.3, 0.4) is 0 Å². The molecular formula is C9H11BrF3N3O2. The van der Waals surface area contributed by atoms with Crippen molar-refractivity contribution in [3.05, 3.63) is 21.0 Å². The predicted molar refractivity (Wildman–Crippen MR) is 62.6 cm³/mol. The van der Waals surface area contributed by atoms with Crippen LogP contribution >= 0.6 is 15.9 Å². The van der Waals surface area contributed by atoms with E-state index in [0.717, 1.165) is 10.9 Å². The van der Waals surface area contributed by atoms with Crippen molar-refractivity contribution in [1.82, 2.24) is 9.78 Å². The molecule has 0 unspecified atom stereocenters. The SMILES string of the molecule is COCCn1ncc(NCC(F)(F)F)c(Br)c1=O. The molecule has 0 saturated carbocycles. The molecule has 0 aromatic carbocycles. The predicted octanol–water partition coefficient (Wildman–Crippen LogP) is 1.63. The fourth-order valence-electron chi connectivity index (χ4n) is 1.12. The van der Waals surface area contributed by atoms with E-state index in [0.29, 0.717) is 0 Å². The Morgan fingerprint density at radius 3 is 2.78 bits per heavy atom. The van der Waals surface area contributed by atoms with Gasteiger partial charge in [0.15, 0.2) is 0 Å². The Labute approximate surface area is 109 Å². The molecule has 18 heavy (non-hydrogen) atoms. The van der Waals surface area contributed by atoms with E-state index in [4.69, 9.17) is 4.74 Å². The van der Waals surface area contributed by atoms with Crippen LogP contribution in [0.4, 0.5) is 18.9 Å². The zero-order valence-corrected chi connectivity index (χ0v) is 11.0. The summed E-state index contributed by atoms with van der Waals surface area (Å²) in [6.45, 7) is -0.711. The van der Waals surface area contributed by atoms with Crippen LogP contribution in [0.1, 0.15) is 0 Å². The van der Waals surface area contributed by atoms with Crippen molar-refractivity contribution in [3.8, 4) is 0 Å². The molecule has 0 bridgehead atoms. The van der Waals surface area contributed by atoms with Gasteiger partial charge in [0.05, 0.1) is 25.0 Å². The highest BCUT2D eigenvalue weighted by atomic mass is 79.9. The first-order valence-corrected chi connectivity index (χ1v) is 5.69. The number of hydrogen-bond acceptors (Lipinski definition) is 4. The Balaban J connectivity index is 2.84.